The van der Waals surface area contributed by atoms with Gasteiger partial charge in [-0.15, -0.1) is 0 Å². The molecule has 0 bridgehead atoms. The molecule has 4 heteroatoms. The molecule has 13 heavy (non-hydrogen) atoms. The van der Waals surface area contributed by atoms with Crippen LogP contribution in [0, 0.1) is 11.3 Å². The molecule has 0 aliphatic carbocycles. The van der Waals surface area contributed by atoms with Crippen LogP contribution in [0.25, 0.3) is 0 Å². The van der Waals surface area contributed by atoms with Crippen molar-refractivity contribution in [3.63, 3.8) is 0 Å². The minimum absolute atomic E-state index is 0.187. The van der Waals surface area contributed by atoms with Crippen LogP contribution in [0.15, 0.2) is 0 Å². The summed E-state index contributed by atoms with van der Waals surface area (Å²) in [6.07, 6.45) is 1.18. The van der Waals surface area contributed by atoms with E-state index in [1.54, 1.807) is 0 Å². The quantitative estimate of drug-likeness (QED) is 0.452. The Bertz CT molecular complexity index is 187. The molecule has 0 aromatic heterocycles. The number of hydrogen-bond acceptors (Lipinski definition) is 4. The van der Waals surface area contributed by atoms with Crippen LogP contribution in [0.1, 0.15) is 19.8 Å². The number of nitrogens with zero attached hydrogens (tertiary/aromatic N) is 2. The first-order valence-corrected chi connectivity index (χ1v) is 4.40. The van der Waals surface area contributed by atoms with E-state index < -0.39 is 0 Å². The highest BCUT2D eigenvalue weighted by Crippen LogP contribution is 1.96. The van der Waals surface area contributed by atoms with Crippen molar-refractivity contribution in [2.45, 2.75) is 19.8 Å². The van der Waals surface area contributed by atoms with Gasteiger partial charge >= 0.3 is 5.97 Å². The van der Waals surface area contributed by atoms with Gasteiger partial charge in [0.15, 0.2) is 0 Å². The second kappa shape index (κ2) is 7.56. The highest BCUT2D eigenvalue weighted by atomic mass is 16.5. The van der Waals surface area contributed by atoms with Crippen LogP contribution in [0.4, 0.5) is 0 Å². The summed E-state index contributed by atoms with van der Waals surface area (Å²) in [5, 5.41) is 8.44. The standard InChI is InChI=1S/C9H16N2O2/c1-3-11(8-6-10)7-4-5-9(12)13-2/h3-5,7-8H2,1-2H3. The van der Waals surface area contributed by atoms with Crippen molar-refractivity contribution in [3.8, 4) is 6.07 Å². The lowest BCUT2D eigenvalue weighted by molar-refractivity contribution is -0.140. The van der Waals surface area contributed by atoms with E-state index in [1.165, 1.54) is 7.11 Å². The number of carbonyl (C=O) groups is 1. The zero-order valence-corrected chi connectivity index (χ0v) is 8.25. The molecule has 0 amide bonds. The second-order valence-corrected chi connectivity index (χ2v) is 2.71. The first-order chi connectivity index (χ1) is 6.24. The maximum absolute atomic E-state index is 10.7. The highest BCUT2D eigenvalue weighted by Gasteiger charge is 2.03. The summed E-state index contributed by atoms with van der Waals surface area (Å²) < 4.78 is 4.50. The predicted octanol–water partition coefficient (Wildman–Crippen LogP) is 0.785. The molecule has 0 spiro atoms. The number of rotatable bonds is 6. The van der Waals surface area contributed by atoms with E-state index >= 15 is 0 Å². The van der Waals surface area contributed by atoms with Gasteiger partial charge in [0.25, 0.3) is 0 Å². The Morgan fingerprint density at radius 3 is 2.77 bits per heavy atom. The largest absolute Gasteiger partial charge is 0.469 e. The lowest BCUT2D eigenvalue weighted by Crippen LogP contribution is -2.25. The number of ether oxygens (including phenoxy) is 1. The third-order valence-corrected chi connectivity index (χ3v) is 1.82. The van der Waals surface area contributed by atoms with Gasteiger partial charge in [-0.1, -0.05) is 6.92 Å². The molecule has 0 N–H and O–H groups in total. The summed E-state index contributed by atoms with van der Waals surface area (Å²) >= 11 is 0. The molecule has 0 aromatic rings. The van der Waals surface area contributed by atoms with Crippen molar-refractivity contribution in [2.24, 2.45) is 0 Å². The minimum atomic E-state index is -0.187. The lowest BCUT2D eigenvalue weighted by atomic mass is 10.3. The van der Waals surface area contributed by atoms with Gasteiger partial charge in [-0.3, -0.25) is 9.69 Å². The van der Waals surface area contributed by atoms with Crippen molar-refractivity contribution >= 4 is 5.97 Å². The smallest absolute Gasteiger partial charge is 0.305 e. The molecule has 0 aliphatic heterocycles. The molecule has 0 atom stereocenters. The van der Waals surface area contributed by atoms with E-state index in [0.717, 1.165) is 19.5 Å². The van der Waals surface area contributed by atoms with Crippen LogP contribution < -0.4 is 0 Å². The number of carbonyl (C=O) groups excluding carboxylic acids is 1. The average Bonchev–Trinajstić information content (AvgIpc) is 2.16. The molecule has 4 nitrogen and oxygen atoms in total. The van der Waals surface area contributed by atoms with E-state index in [-0.39, 0.29) is 5.97 Å². The van der Waals surface area contributed by atoms with E-state index in [9.17, 15) is 4.79 Å². The Balaban J connectivity index is 3.50. The van der Waals surface area contributed by atoms with Crippen LogP contribution >= 0.6 is 0 Å². The fraction of sp³-hybridized carbons (Fsp3) is 0.778. The van der Waals surface area contributed by atoms with Crippen molar-refractivity contribution in [3.05, 3.63) is 0 Å². The molecule has 0 saturated carbocycles. The van der Waals surface area contributed by atoms with Crippen LogP contribution in [-0.2, 0) is 9.53 Å². The Kier molecular flexibility index (Phi) is 6.93. The first kappa shape index (κ1) is 11.9. The molecule has 0 heterocycles. The third kappa shape index (κ3) is 6.12. The summed E-state index contributed by atoms with van der Waals surface area (Å²) in [4.78, 5) is 12.7. The van der Waals surface area contributed by atoms with Gasteiger partial charge in [0.05, 0.1) is 19.7 Å². The van der Waals surface area contributed by atoms with Crippen molar-refractivity contribution in [2.75, 3.05) is 26.7 Å². The Morgan fingerprint density at radius 1 is 1.62 bits per heavy atom. The van der Waals surface area contributed by atoms with Gasteiger partial charge in [-0.05, 0) is 19.5 Å². The molecule has 0 rings (SSSR count). The molecule has 0 radical (unpaired) electrons. The van der Waals surface area contributed by atoms with Crippen molar-refractivity contribution in [1.29, 1.82) is 5.26 Å². The van der Waals surface area contributed by atoms with Gasteiger partial charge in [-0.25, -0.2) is 0 Å². The molecule has 0 unspecified atom stereocenters. The SMILES string of the molecule is CCN(CC#N)CCCC(=O)OC. The maximum Gasteiger partial charge on any atom is 0.305 e. The van der Waals surface area contributed by atoms with E-state index in [2.05, 4.69) is 10.8 Å². The Morgan fingerprint density at radius 2 is 2.31 bits per heavy atom. The minimum Gasteiger partial charge on any atom is -0.469 e. The molecule has 74 valence electrons. The number of hydrogen-bond donors (Lipinski definition) is 0. The highest BCUT2D eigenvalue weighted by molar-refractivity contribution is 5.69. The lowest BCUT2D eigenvalue weighted by Gasteiger charge is -2.15. The van der Waals surface area contributed by atoms with Gasteiger partial charge in [-0.2, -0.15) is 5.26 Å². The van der Waals surface area contributed by atoms with Crippen LogP contribution in [-0.4, -0.2) is 37.6 Å². The van der Waals surface area contributed by atoms with Crippen LogP contribution in [0.5, 0.6) is 0 Å². The van der Waals surface area contributed by atoms with Crippen LogP contribution in [0.2, 0.25) is 0 Å². The van der Waals surface area contributed by atoms with E-state index in [4.69, 9.17) is 5.26 Å². The van der Waals surface area contributed by atoms with Gasteiger partial charge in [0.2, 0.25) is 0 Å². The molecule has 0 saturated heterocycles. The average molecular weight is 184 g/mol. The molecule has 0 aromatic carbocycles. The zero-order valence-electron chi connectivity index (χ0n) is 8.25. The monoisotopic (exact) mass is 184 g/mol. The predicted molar refractivity (Wildman–Crippen MR) is 49.0 cm³/mol. The summed E-state index contributed by atoms with van der Waals surface area (Å²) in [6, 6.07) is 2.08. The Hall–Kier alpha value is -1.08. The van der Waals surface area contributed by atoms with Crippen LogP contribution in [0.3, 0.4) is 0 Å². The molecular weight excluding hydrogens is 168 g/mol. The van der Waals surface area contributed by atoms with Crippen molar-refractivity contribution in [1.82, 2.24) is 4.90 Å². The fourth-order valence-electron chi connectivity index (χ4n) is 0.998. The molecular formula is C9H16N2O2. The summed E-state index contributed by atoms with van der Waals surface area (Å²) in [5.74, 6) is -0.187. The fourth-order valence-corrected chi connectivity index (χ4v) is 0.998. The number of methoxy groups -OCH3 is 1. The summed E-state index contributed by atoms with van der Waals surface area (Å²) in [7, 11) is 1.38. The Labute approximate surface area is 79.1 Å². The number of esters is 1. The van der Waals surface area contributed by atoms with E-state index in [1.807, 2.05) is 11.8 Å². The van der Waals surface area contributed by atoms with Crippen molar-refractivity contribution < 1.29 is 9.53 Å². The maximum atomic E-state index is 10.7. The van der Waals surface area contributed by atoms with Gasteiger partial charge in [0.1, 0.15) is 0 Å². The summed E-state index contributed by atoms with van der Waals surface area (Å²) in [6.45, 7) is 4.04. The summed E-state index contributed by atoms with van der Waals surface area (Å²) in [5.41, 5.74) is 0. The van der Waals surface area contributed by atoms with Gasteiger partial charge < -0.3 is 4.74 Å². The third-order valence-electron chi connectivity index (χ3n) is 1.82. The van der Waals surface area contributed by atoms with E-state index in [0.29, 0.717) is 13.0 Å². The van der Waals surface area contributed by atoms with Gasteiger partial charge in [0, 0.05) is 6.42 Å². The molecule has 0 fully saturated rings. The second-order valence-electron chi connectivity index (χ2n) is 2.71. The topological polar surface area (TPSA) is 53.3 Å². The first-order valence-electron chi connectivity index (χ1n) is 4.40. The molecule has 0 aliphatic rings. The zero-order chi connectivity index (χ0) is 10.1. The normalized spacial score (nSPS) is 9.69. The number of nitriles is 1.